The van der Waals surface area contributed by atoms with Gasteiger partial charge in [-0.05, 0) is 38.1 Å². The fourth-order valence-corrected chi connectivity index (χ4v) is 3.59. The molecule has 0 N–H and O–H groups in total. The molecule has 0 atom stereocenters. The summed E-state index contributed by atoms with van der Waals surface area (Å²) in [5.74, 6) is 0.0869. The van der Waals surface area contributed by atoms with E-state index < -0.39 is 0 Å². The first-order chi connectivity index (χ1) is 12.9. The predicted octanol–water partition coefficient (Wildman–Crippen LogP) is 2.64. The number of carbonyl (C=O) groups excluding carboxylic acids is 1. The van der Waals surface area contributed by atoms with Crippen molar-refractivity contribution in [1.29, 1.82) is 0 Å². The first-order valence-corrected chi connectivity index (χ1v) is 9.32. The Bertz CT molecular complexity index is 1010. The van der Waals surface area contributed by atoms with Gasteiger partial charge in [-0.15, -0.1) is 0 Å². The Kier molecular flexibility index (Phi) is 4.44. The SMILES string of the molecule is Cc1ccc2c(C(=O)N3CCN(C)CC3)cc(-c3cnn(C)c3)nc2c1C. The average Bonchev–Trinajstić information content (AvgIpc) is 3.10. The van der Waals surface area contributed by atoms with Crippen LogP contribution >= 0.6 is 0 Å². The van der Waals surface area contributed by atoms with Crippen LogP contribution in [0.25, 0.3) is 22.2 Å². The number of pyridine rings is 1. The van der Waals surface area contributed by atoms with Crippen LogP contribution in [-0.2, 0) is 7.05 Å². The molecule has 1 amide bonds. The summed E-state index contributed by atoms with van der Waals surface area (Å²) in [5, 5.41) is 5.19. The predicted molar refractivity (Wildman–Crippen MR) is 107 cm³/mol. The lowest BCUT2D eigenvalue weighted by Gasteiger charge is -2.32. The molecule has 6 heteroatoms. The van der Waals surface area contributed by atoms with Gasteiger partial charge in [-0.3, -0.25) is 9.48 Å². The van der Waals surface area contributed by atoms with Crippen molar-refractivity contribution in [2.45, 2.75) is 13.8 Å². The number of piperazine rings is 1. The lowest BCUT2D eigenvalue weighted by Crippen LogP contribution is -2.47. The van der Waals surface area contributed by atoms with Crippen molar-refractivity contribution in [3.63, 3.8) is 0 Å². The average molecular weight is 363 g/mol. The van der Waals surface area contributed by atoms with E-state index in [-0.39, 0.29) is 5.91 Å². The molecule has 0 bridgehead atoms. The van der Waals surface area contributed by atoms with Crippen molar-refractivity contribution in [2.24, 2.45) is 7.05 Å². The maximum absolute atomic E-state index is 13.4. The second kappa shape index (κ2) is 6.78. The molecule has 4 rings (SSSR count). The van der Waals surface area contributed by atoms with Gasteiger partial charge in [0.25, 0.3) is 5.91 Å². The zero-order valence-corrected chi connectivity index (χ0v) is 16.4. The highest BCUT2D eigenvalue weighted by atomic mass is 16.2. The summed E-state index contributed by atoms with van der Waals surface area (Å²) in [4.78, 5) is 22.5. The normalized spacial score (nSPS) is 15.5. The molecule has 6 nitrogen and oxygen atoms in total. The van der Waals surface area contributed by atoms with Gasteiger partial charge in [0.1, 0.15) is 0 Å². The zero-order chi connectivity index (χ0) is 19.1. The Morgan fingerprint density at radius 3 is 2.48 bits per heavy atom. The number of aryl methyl sites for hydroxylation is 3. The molecule has 1 aliphatic rings. The van der Waals surface area contributed by atoms with Crippen molar-refractivity contribution in [3.05, 3.63) is 47.3 Å². The van der Waals surface area contributed by atoms with Gasteiger partial charge in [-0.2, -0.15) is 5.10 Å². The molecule has 0 saturated carbocycles. The Hall–Kier alpha value is -2.73. The Morgan fingerprint density at radius 2 is 1.81 bits per heavy atom. The number of aromatic nitrogens is 3. The van der Waals surface area contributed by atoms with Crippen LogP contribution in [0, 0.1) is 13.8 Å². The molecule has 3 heterocycles. The number of nitrogens with zero attached hydrogens (tertiary/aromatic N) is 5. The van der Waals surface area contributed by atoms with Crippen LogP contribution in [0.1, 0.15) is 21.5 Å². The summed E-state index contributed by atoms with van der Waals surface area (Å²) >= 11 is 0. The number of carbonyl (C=O) groups is 1. The van der Waals surface area contributed by atoms with Crippen LogP contribution < -0.4 is 0 Å². The first-order valence-electron chi connectivity index (χ1n) is 9.32. The highest BCUT2D eigenvalue weighted by Crippen LogP contribution is 2.29. The summed E-state index contributed by atoms with van der Waals surface area (Å²) in [6, 6.07) is 6.03. The van der Waals surface area contributed by atoms with Crippen LogP contribution in [0.3, 0.4) is 0 Å². The lowest BCUT2D eigenvalue weighted by molar-refractivity contribution is 0.0666. The van der Waals surface area contributed by atoms with Crippen LogP contribution in [0.4, 0.5) is 0 Å². The van der Waals surface area contributed by atoms with Gasteiger partial charge >= 0.3 is 0 Å². The third-order valence-corrected chi connectivity index (χ3v) is 5.53. The molecular formula is C21H25N5O. The van der Waals surface area contributed by atoms with Gasteiger partial charge in [0.15, 0.2) is 0 Å². The zero-order valence-electron chi connectivity index (χ0n) is 16.4. The van der Waals surface area contributed by atoms with Crippen molar-refractivity contribution in [1.82, 2.24) is 24.6 Å². The molecule has 1 aliphatic heterocycles. The van der Waals surface area contributed by atoms with E-state index in [1.807, 2.05) is 30.3 Å². The number of fused-ring (bicyclic) bond motifs is 1. The first kappa shape index (κ1) is 17.7. The summed E-state index contributed by atoms with van der Waals surface area (Å²) in [6.45, 7) is 7.47. The van der Waals surface area contributed by atoms with E-state index in [1.165, 1.54) is 5.56 Å². The van der Waals surface area contributed by atoms with Crippen LogP contribution in [-0.4, -0.2) is 63.7 Å². The molecule has 27 heavy (non-hydrogen) atoms. The lowest BCUT2D eigenvalue weighted by atomic mass is 9.99. The van der Waals surface area contributed by atoms with Gasteiger partial charge in [0.2, 0.25) is 0 Å². The molecule has 1 saturated heterocycles. The molecular weight excluding hydrogens is 338 g/mol. The summed E-state index contributed by atoms with van der Waals surface area (Å²) in [6.07, 6.45) is 3.73. The van der Waals surface area contributed by atoms with Gasteiger partial charge in [-0.25, -0.2) is 4.98 Å². The number of amides is 1. The maximum atomic E-state index is 13.4. The van der Waals surface area contributed by atoms with Crippen molar-refractivity contribution in [3.8, 4) is 11.3 Å². The molecule has 0 aliphatic carbocycles. The summed E-state index contributed by atoms with van der Waals surface area (Å²) in [5.41, 5.74) is 5.64. The van der Waals surface area contributed by atoms with E-state index in [4.69, 9.17) is 4.98 Å². The highest BCUT2D eigenvalue weighted by Gasteiger charge is 2.24. The minimum atomic E-state index is 0.0869. The van der Waals surface area contributed by atoms with Gasteiger partial charge in [0.05, 0.1) is 23.0 Å². The number of hydrogen-bond donors (Lipinski definition) is 0. The smallest absolute Gasteiger partial charge is 0.254 e. The monoisotopic (exact) mass is 363 g/mol. The minimum Gasteiger partial charge on any atom is -0.336 e. The number of rotatable bonds is 2. The van der Waals surface area contributed by atoms with Crippen LogP contribution in [0.15, 0.2) is 30.6 Å². The molecule has 1 fully saturated rings. The standard InChI is InChI=1S/C21H25N5O/c1-14-5-6-17-18(21(27)26-9-7-24(3)8-10-26)11-19(23-20(17)15(14)2)16-12-22-25(4)13-16/h5-6,11-13H,7-10H2,1-4H3. The van der Waals surface area contributed by atoms with E-state index >= 15 is 0 Å². The molecule has 0 unspecified atom stereocenters. The second-order valence-electron chi connectivity index (χ2n) is 7.46. The maximum Gasteiger partial charge on any atom is 0.254 e. The van der Waals surface area contributed by atoms with E-state index in [0.29, 0.717) is 0 Å². The molecule has 2 aromatic heterocycles. The third kappa shape index (κ3) is 3.21. The quantitative estimate of drug-likeness (QED) is 0.702. The Balaban J connectivity index is 1.87. The molecule has 140 valence electrons. The van der Waals surface area contributed by atoms with Gasteiger partial charge in [0, 0.05) is 50.4 Å². The summed E-state index contributed by atoms with van der Waals surface area (Å²) < 4.78 is 1.76. The van der Waals surface area contributed by atoms with Crippen molar-refractivity contribution in [2.75, 3.05) is 33.2 Å². The fourth-order valence-electron chi connectivity index (χ4n) is 3.59. The topological polar surface area (TPSA) is 54.3 Å². The molecule has 1 aromatic carbocycles. The molecule has 0 spiro atoms. The van der Waals surface area contributed by atoms with Crippen molar-refractivity contribution < 1.29 is 4.79 Å². The van der Waals surface area contributed by atoms with Gasteiger partial charge in [-0.1, -0.05) is 12.1 Å². The summed E-state index contributed by atoms with van der Waals surface area (Å²) in [7, 11) is 3.98. The third-order valence-electron chi connectivity index (χ3n) is 5.53. The van der Waals surface area contributed by atoms with E-state index in [1.54, 1.807) is 10.9 Å². The van der Waals surface area contributed by atoms with Gasteiger partial charge < -0.3 is 9.80 Å². The van der Waals surface area contributed by atoms with Crippen LogP contribution in [0.2, 0.25) is 0 Å². The van der Waals surface area contributed by atoms with Crippen molar-refractivity contribution >= 4 is 16.8 Å². The number of hydrogen-bond acceptors (Lipinski definition) is 4. The molecule has 0 radical (unpaired) electrons. The number of likely N-dealkylation sites (N-methyl/N-ethyl adjacent to an activating group) is 1. The molecule has 3 aromatic rings. The Labute approximate surface area is 159 Å². The Morgan fingerprint density at radius 1 is 1.07 bits per heavy atom. The van der Waals surface area contributed by atoms with E-state index in [2.05, 4.69) is 37.0 Å². The fraction of sp³-hybridized carbons (Fsp3) is 0.381. The highest BCUT2D eigenvalue weighted by molar-refractivity contribution is 6.08. The largest absolute Gasteiger partial charge is 0.336 e. The minimum absolute atomic E-state index is 0.0869. The van der Waals surface area contributed by atoms with Crippen LogP contribution in [0.5, 0.6) is 0 Å². The number of benzene rings is 1. The second-order valence-corrected chi connectivity index (χ2v) is 7.46. The van der Waals surface area contributed by atoms with E-state index in [9.17, 15) is 4.79 Å². The van der Waals surface area contributed by atoms with E-state index in [0.717, 1.165) is 59.5 Å².